The quantitative estimate of drug-likeness (QED) is 0.659. The van der Waals surface area contributed by atoms with Crippen LogP contribution in [-0.4, -0.2) is 0 Å². The topological polar surface area (TPSA) is 0 Å². The molecule has 2 unspecified atom stereocenters. The third kappa shape index (κ3) is 2.37. The molecule has 0 aliphatic rings. The number of fused-ring (bicyclic) bond motifs is 1. The first-order valence-electron chi connectivity index (χ1n) is 5.96. The molecule has 0 bridgehead atoms. The first-order valence-corrected chi connectivity index (χ1v) is 6.88. The van der Waals surface area contributed by atoms with Gasteiger partial charge in [-0.25, -0.2) is 4.39 Å². The van der Waals surface area contributed by atoms with Crippen LogP contribution in [0.5, 0.6) is 0 Å². The smallest absolute Gasteiger partial charge is 0.131 e. The average molecular weight is 295 g/mol. The summed E-state index contributed by atoms with van der Waals surface area (Å²) in [4.78, 5) is 0.276. The van der Waals surface area contributed by atoms with Crippen LogP contribution >= 0.6 is 15.9 Å². The lowest BCUT2D eigenvalue weighted by atomic mass is 9.94. The number of halogens is 2. The lowest BCUT2D eigenvalue weighted by Gasteiger charge is -2.19. The predicted octanol–water partition coefficient (Wildman–Crippen LogP) is 5.46. The molecule has 0 aromatic heterocycles. The Bertz CT molecular complexity index is 521. The fourth-order valence-corrected chi connectivity index (χ4v) is 2.81. The Labute approximate surface area is 110 Å². The molecule has 0 fully saturated rings. The molecule has 0 spiro atoms. The van der Waals surface area contributed by atoms with Crippen molar-refractivity contribution in [2.24, 2.45) is 5.92 Å². The van der Waals surface area contributed by atoms with E-state index < -0.39 is 0 Å². The Morgan fingerprint density at radius 1 is 1.12 bits per heavy atom. The molecule has 2 rings (SSSR count). The summed E-state index contributed by atoms with van der Waals surface area (Å²) in [7, 11) is 0. The molecule has 2 aromatic carbocycles. The normalized spacial score (nSPS) is 14.8. The van der Waals surface area contributed by atoms with Crippen molar-refractivity contribution < 1.29 is 4.39 Å². The summed E-state index contributed by atoms with van der Waals surface area (Å²) < 4.78 is 13.7. The van der Waals surface area contributed by atoms with Gasteiger partial charge >= 0.3 is 0 Å². The Kier molecular flexibility index (Phi) is 3.82. The molecule has 2 heteroatoms. The molecule has 17 heavy (non-hydrogen) atoms. The number of hydrogen-bond acceptors (Lipinski definition) is 0. The van der Waals surface area contributed by atoms with Crippen molar-refractivity contribution in [2.75, 3.05) is 0 Å². The largest absolute Gasteiger partial charge is 0.206 e. The van der Waals surface area contributed by atoms with Gasteiger partial charge in [-0.1, -0.05) is 66.5 Å². The van der Waals surface area contributed by atoms with Gasteiger partial charge in [-0.15, -0.1) is 0 Å². The van der Waals surface area contributed by atoms with E-state index in [4.69, 9.17) is 0 Å². The monoisotopic (exact) mass is 294 g/mol. The summed E-state index contributed by atoms with van der Waals surface area (Å²) in [5.74, 6) is 0.386. The second-order valence-corrected chi connectivity index (χ2v) is 5.46. The molecule has 0 amide bonds. The van der Waals surface area contributed by atoms with Crippen LogP contribution in [0.3, 0.4) is 0 Å². The Morgan fingerprint density at radius 2 is 1.76 bits per heavy atom. The zero-order valence-corrected chi connectivity index (χ0v) is 11.7. The first kappa shape index (κ1) is 12.6. The molecule has 0 N–H and O–H groups in total. The maximum absolute atomic E-state index is 13.7. The number of rotatable bonds is 3. The van der Waals surface area contributed by atoms with Gasteiger partial charge in [0.1, 0.15) is 5.82 Å². The second kappa shape index (κ2) is 5.18. The van der Waals surface area contributed by atoms with Crippen molar-refractivity contribution in [3.05, 3.63) is 47.8 Å². The van der Waals surface area contributed by atoms with Gasteiger partial charge in [0.25, 0.3) is 0 Å². The second-order valence-electron chi connectivity index (χ2n) is 4.47. The minimum absolute atomic E-state index is 0.145. The zero-order chi connectivity index (χ0) is 12.4. The predicted molar refractivity (Wildman–Crippen MR) is 75.0 cm³/mol. The summed E-state index contributed by atoms with van der Waals surface area (Å²) in [6.07, 6.45) is 1.10. The van der Waals surface area contributed by atoms with Crippen molar-refractivity contribution in [2.45, 2.75) is 25.1 Å². The van der Waals surface area contributed by atoms with Crippen LogP contribution in [0.15, 0.2) is 36.4 Å². The molecule has 0 saturated heterocycles. The molecule has 0 radical (unpaired) electrons. The highest BCUT2D eigenvalue weighted by Crippen LogP contribution is 2.37. The highest BCUT2D eigenvalue weighted by Gasteiger charge is 2.17. The van der Waals surface area contributed by atoms with E-state index in [-0.39, 0.29) is 10.6 Å². The first-order chi connectivity index (χ1) is 8.15. The minimum atomic E-state index is -0.145. The average Bonchev–Trinajstić information content (AvgIpc) is 2.38. The number of benzene rings is 2. The molecule has 0 heterocycles. The van der Waals surface area contributed by atoms with Gasteiger partial charge in [0, 0.05) is 10.2 Å². The van der Waals surface area contributed by atoms with Crippen molar-refractivity contribution in [1.29, 1.82) is 0 Å². The number of alkyl halides is 1. The summed E-state index contributed by atoms with van der Waals surface area (Å²) in [5.41, 5.74) is 1.18. The molecule has 90 valence electrons. The van der Waals surface area contributed by atoms with Gasteiger partial charge in [0.05, 0.1) is 0 Å². The van der Waals surface area contributed by atoms with Gasteiger partial charge in [0.2, 0.25) is 0 Å². The van der Waals surface area contributed by atoms with E-state index in [1.54, 1.807) is 6.07 Å². The van der Waals surface area contributed by atoms with Crippen LogP contribution in [0.4, 0.5) is 4.39 Å². The van der Waals surface area contributed by atoms with E-state index in [0.29, 0.717) is 11.3 Å². The van der Waals surface area contributed by atoms with Crippen molar-refractivity contribution in [1.82, 2.24) is 0 Å². The van der Waals surface area contributed by atoms with Crippen LogP contribution < -0.4 is 0 Å². The molecule has 2 atom stereocenters. The lowest BCUT2D eigenvalue weighted by Crippen LogP contribution is -2.03. The summed E-state index contributed by atoms with van der Waals surface area (Å²) >= 11 is 3.73. The zero-order valence-electron chi connectivity index (χ0n) is 10.1. The number of hydrogen-bond donors (Lipinski definition) is 0. The van der Waals surface area contributed by atoms with Gasteiger partial charge < -0.3 is 0 Å². The summed E-state index contributed by atoms with van der Waals surface area (Å²) in [6.45, 7) is 4.38. The lowest BCUT2D eigenvalue weighted by molar-refractivity contribution is 0.557. The maximum atomic E-state index is 13.7. The summed E-state index contributed by atoms with van der Waals surface area (Å²) in [5, 5.41) is 1.72. The molecular formula is C15H16BrF. The molecular weight excluding hydrogens is 279 g/mol. The van der Waals surface area contributed by atoms with Crippen LogP contribution in [0.1, 0.15) is 30.7 Å². The van der Waals surface area contributed by atoms with E-state index in [2.05, 4.69) is 29.8 Å². The van der Waals surface area contributed by atoms with Crippen LogP contribution in [0.2, 0.25) is 0 Å². The molecule has 0 saturated carbocycles. The van der Waals surface area contributed by atoms with Crippen LogP contribution in [0.25, 0.3) is 10.8 Å². The van der Waals surface area contributed by atoms with Crippen LogP contribution in [-0.2, 0) is 0 Å². The Balaban J connectivity index is 2.59. The van der Waals surface area contributed by atoms with E-state index >= 15 is 0 Å². The van der Waals surface area contributed by atoms with Crippen molar-refractivity contribution in [3.8, 4) is 0 Å². The van der Waals surface area contributed by atoms with E-state index in [0.717, 1.165) is 11.8 Å². The third-order valence-corrected chi connectivity index (χ3v) is 4.74. The fourth-order valence-electron chi connectivity index (χ4n) is 2.04. The maximum Gasteiger partial charge on any atom is 0.131 e. The Hall–Kier alpha value is -0.890. The van der Waals surface area contributed by atoms with E-state index in [1.807, 2.05) is 30.3 Å². The van der Waals surface area contributed by atoms with E-state index in [1.165, 1.54) is 5.56 Å². The highest BCUT2D eigenvalue weighted by molar-refractivity contribution is 9.09. The standard InChI is InChI=1S/C15H16BrF/c1-3-10(2)15(16)13-8-9-14(17)12-7-5-4-6-11(12)13/h4-10,15H,3H2,1-2H3. The molecule has 0 aliphatic carbocycles. The van der Waals surface area contributed by atoms with Gasteiger partial charge in [-0.3, -0.25) is 0 Å². The molecule has 2 aromatic rings. The highest BCUT2D eigenvalue weighted by atomic mass is 79.9. The van der Waals surface area contributed by atoms with Crippen molar-refractivity contribution >= 4 is 26.7 Å². The summed E-state index contributed by atoms with van der Waals surface area (Å²) in [6, 6.07) is 11.1. The van der Waals surface area contributed by atoms with Crippen LogP contribution in [0, 0.1) is 11.7 Å². The van der Waals surface area contributed by atoms with Gasteiger partial charge in [-0.05, 0) is 22.9 Å². The Morgan fingerprint density at radius 3 is 2.41 bits per heavy atom. The minimum Gasteiger partial charge on any atom is -0.206 e. The fraction of sp³-hybridized carbons (Fsp3) is 0.333. The molecule has 0 nitrogen and oxygen atoms in total. The molecule has 0 aliphatic heterocycles. The van der Waals surface area contributed by atoms with Crippen molar-refractivity contribution in [3.63, 3.8) is 0 Å². The third-order valence-electron chi connectivity index (χ3n) is 3.35. The SMILES string of the molecule is CCC(C)C(Br)c1ccc(F)c2ccccc12. The van der Waals surface area contributed by atoms with Gasteiger partial charge in [0.15, 0.2) is 0 Å². The van der Waals surface area contributed by atoms with E-state index in [9.17, 15) is 4.39 Å². The van der Waals surface area contributed by atoms with Gasteiger partial charge in [-0.2, -0.15) is 0 Å².